The van der Waals surface area contributed by atoms with E-state index in [1.54, 1.807) is 0 Å². The zero-order chi connectivity index (χ0) is 18.1. The predicted octanol–water partition coefficient (Wildman–Crippen LogP) is 5.04. The molecule has 0 radical (unpaired) electrons. The Balaban J connectivity index is 1.60. The molecular formula is C20H30N4OSi. The first-order valence-corrected chi connectivity index (χ1v) is 13.6. The van der Waals surface area contributed by atoms with E-state index in [0.29, 0.717) is 12.6 Å². The molecule has 0 N–H and O–H groups in total. The fraction of sp³-hybridized carbons (Fsp3) is 0.600. The quantitative estimate of drug-likeness (QED) is 0.451. The molecule has 3 aromatic rings. The van der Waals surface area contributed by atoms with Crippen molar-refractivity contribution in [2.24, 2.45) is 0 Å². The molecule has 0 spiro atoms. The van der Waals surface area contributed by atoms with Gasteiger partial charge in [0.05, 0.1) is 11.2 Å². The lowest BCUT2D eigenvalue weighted by Gasteiger charge is -2.20. The van der Waals surface area contributed by atoms with E-state index >= 15 is 0 Å². The van der Waals surface area contributed by atoms with Crippen LogP contribution in [-0.2, 0) is 11.5 Å². The normalized spacial score (nSPS) is 16.7. The second-order valence-electron chi connectivity index (χ2n) is 8.84. The third kappa shape index (κ3) is 3.57. The van der Waals surface area contributed by atoms with Gasteiger partial charge in [-0.2, -0.15) is 0 Å². The summed E-state index contributed by atoms with van der Waals surface area (Å²) in [5.41, 5.74) is 3.50. The summed E-state index contributed by atoms with van der Waals surface area (Å²) in [6, 6.07) is 3.37. The molecule has 0 aliphatic heterocycles. The van der Waals surface area contributed by atoms with Crippen molar-refractivity contribution in [3.8, 4) is 0 Å². The number of imidazole rings is 1. The lowest BCUT2D eigenvalue weighted by molar-refractivity contribution is 0.0899. The van der Waals surface area contributed by atoms with Gasteiger partial charge < -0.3 is 9.30 Å². The van der Waals surface area contributed by atoms with E-state index in [2.05, 4.69) is 45.9 Å². The minimum Gasteiger partial charge on any atom is -0.361 e. The van der Waals surface area contributed by atoms with Gasteiger partial charge >= 0.3 is 0 Å². The van der Waals surface area contributed by atoms with Crippen molar-refractivity contribution in [1.82, 2.24) is 18.9 Å². The van der Waals surface area contributed by atoms with Crippen LogP contribution >= 0.6 is 0 Å². The summed E-state index contributed by atoms with van der Waals surface area (Å²) in [7, 11) is -1.05. The molecule has 1 aliphatic rings. The van der Waals surface area contributed by atoms with Crippen LogP contribution < -0.4 is 0 Å². The van der Waals surface area contributed by atoms with E-state index in [1.165, 1.54) is 54.7 Å². The molecule has 0 bridgehead atoms. The van der Waals surface area contributed by atoms with E-state index in [-0.39, 0.29) is 0 Å². The minimum absolute atomic E-state index is 0.573. The summed E-state index contributed by atoms with van der Waals surface area (Å²) in [5.74, 6) is 0.593. The Bertz CT molecular complexity index is 886. The molecule has 0 unspecified atom stereocenters. The molecule has 1 saturated carbocycles. The molecule has 0 amide bonds. The highest BCUT2D eigenvalue weighted by Gasteiger charge is 2.22. The molecule has 0 saturated heterocycles. The molecule has 4 rings (SSSR count). The van der Waals surface area contributed by atoms with Crippen molar-refractivity contribution in [1.29, 1.82) is 0 Å². The average molecular weight is 371 g/mol. The van der Waals surface area contributed by atoms with Crippen LogP contribution in [0.5, 0.6) is 0 Å². The molecule has 140 valence electrons. The third-order valence-electron chi connectivity index (χ3n) is 5.53. The fourth-order valence-electron chi connectivity index (χ4n) is 3.97. The maximum Gasteiger partial charge on any atom is 0.145 e. The Labute approximate surface area is 156 Å². The van der Waals surface area contributed by atoms with Gasteiger partial charge in [-0.3, -0.25) is 4.40 Å². The van der Waals surface area contributed by atoms with Crippen LogP contribution in [0, 0.1) is 0 Å². The van der Waals surface area contributed by atoms with Gasteiger partial charge in [0.15, 0.2) is 0 Å². The number of nitrogens with zero attached hydrogens (tertiary/aromatic N) is 4. The smallest absolute Gasteiger partial charge is 0.145 e. The fourth-order valence-corrected chi connectivity index (χ4v) is 4.73. The van der Waals surface area contributed by atoms with Gasteiger partial charge in [0.1, 0.15) is 25.0 Å². The Kier molecular flexibility index (Phi) is 4.88. The van der Waals surface area contributed by atoms with Gasteiger partial charge in [-0.25, -0.2) is 9.97 Å². The predicted molar refractivity (Wildman–Crippen MR) is 108 cm³/mol. The Morgan fingerprint density at radius 1 is 1.12 bits per heavy atom. The first-order valence-electron chi connectivity index (χ1n) is 9.91. The van der Waals surface area contributed by atoms with Crippen molar-refractivity contribution in [2.75, 3.05) is 6.61 Å². The maximum atomic E-state index is 5.94. The van der Waals surface area contributed by atoms with Gasteiger partial charge in [-0.05, 0) is 25.0 Å². The molecule has 3 aromatic heterocycles. The molecule has 6 heteroatoms. The van der Waals surface area contributed by atoms with Crippen LogP contribution in [0.4, 0.5) is 0 Å². The van der Waals surface area contributed by atoms with Crippen LogP contribution in [0.25, 0.3) is 16.6 Å². The van der Waals surface area contributed by atoms with Crippen LogP contribution in [0.15, 0.2) is 24.9 Å². The number of fused-ring (bicyclic) bond motifs is 3. The van der Waals surface area contributed by atoms with Crippen molar-refractivity contribution in [3.63, 3.8) is 0 Å². The van der Waals surface area contributed by atoms with E-state index in [9.17, 15) is 0 Å². The van der Waals surface area contributed by atoms with Gasteiger partial charge in [-0.1, -0.05) is 38.9 Å². The van der Waals surface area contributed by atoms with Crippen molar-refractivity contribution >= 4 is 24.6 Å². The molecule has 1 aliphatic carbocycles. The highest BCUT2D eigenvalue weighted by Crippen LogP contribution is 2.35. The second-order valence-corrected chi connectivity index (χ2v) is 14.5. The highest BCUT2D eigenvalue weighted by atomic mass is 28.3. The van der Waals surface area contributed by atoms with Crippen molar-refractivity contribution < 1.29 is 4.74 Å². The average Bonchev–Trinajstić information content (AvgIpc) is 3.22. The number of ether oxygens (including phenoxy) is 1. The molecule has 5 nitrogen and oxygen atoms in total. The zero-order valence-electron chi connectivity index (χ0n) is 16.2. The lowest BCUT2D eigenvalue weighted by Crippen LogP contribution is -2.22. The molecule has 26 heavy (non-hydrogen) atoms. The summed E-state index contributed by atoms with van der Waals surface area (Å²) >= 11 is 0. The Hall–Kier alpha value is -1.66. The zero-order valence-corrected chi connectivity index (χ0v) is 17.2. The van der Waals surface area contributed by atoms with Crippen LogP contribution in [0.3, 0.4) is 0 Å². The van der Waals surface area contributed by atoms with Gasteiger partial charge in [0.25, 0.3) is 0 Å². The standard InChI is InChI=1S/C20H30N4OSi/c1-26(2,3)12-11-25-15-23-10-9-17-19-18(16-7-5-4-6-8-16)21-13-24(19)14-22-20(17)23/h9-10,13-14,16H,4-8,11-12,15H2,1-3H3. The second kappa shape index (κ2) is 7.16. The molecular weight excluding hydrogens is 340 g/mol. The van der Waals surface area contributed by atoms with Gasteiger partial charge in [-0.15, -0.1) is 0 Å². The van der Waals surface area contributed by atoms with E-state index in [0.717, 1.165) is 12.3 Å². The van der Waals surface area contributed by atoms with Crippen LogP contribution in [0.2, 0.25) is 25.7 Å². The number of hydrogen-bond acceptors (Lipinski definition) is 3. The first kappa shape index (κ1) is 17.7. The summed E-state index contributed by atoms with van der Waals surface area (Å²) in [6.07, 6.45) is 12.5. The van der Waals surface area contributed by atoms with E-state index < -0.39 is 8.07 Å². The SMILES string of the molecule is C[Si](C)(C)CCOCn1ccc2c1ncn1cnc(C3CCCCC3)c21. The summed E-state index contributed by atoms with van der Waals surface area (Å²) in [5, 5.41) is 1.19. The van der Waals surface area contributed by atoms with E-state index in [1.807, 2.05) is 12.7 Å². The topological polar surface area (TPSA) is 44.4 Å². The first-order chi connectivity index (χ1) is 12.5. The summed E-state index contributed by atoms with van der Waals surface area (Å²) in [4.78, 5) is 9.44. The molecule has 3 heterocycles. The van der Waals surface area contributed by atoms with Crippen LogP contribution in [-0.4, -0.2) is 33.6 Å². The highest BCUT2D eigenvalue weighted by molar-refractivity contribution is 6.76. The Morgan fingerprint density at radius 2 is 1.88 bits per heavy atom. The van der Waals surface area contributed by atoms with E-state index in [4.69, 9.17) is 9.72 Å². The van der Waals surface area contributed by atoms with Gasteiger partial charge in [0.2, 0.25) is 0 Å². The molecule has 0 aromatic carbocycles. The number of hydrogen-bond donors (Lipinski definition) is 0. The number of rotatable bonds is 6. The number of aromatic nitrogens is 4. The Morgan fingerprint density at radius 3 is 2.65 bits per heavy atom. The summed E-state index contributed by atoms with van der Waals surface area (Å²) < 4.78 is 10.1. The summed E-state index contributed by atoms with van der Waals surface area (Å²) in [6.45, 7) is 8.55. The molecule has 1 fully saturated rings. The largest absolute Gasteiger partial charge is 0.361 e. The monoisotopic (exact) mass is 370 g/mol. The third-order valence-corrected chi connectivity index (χ3v) is 7.24. The van der Waals surface area contributed by atoms with Crippen molar-refractivity contribution in [2.45, 2.75) is 70.4 Å². The van der Waals surface area contributed by atoms with Gasteiger partial charge in [0, 0.05) is 32.2 Å². The molecule has 0 atom stereocenters. The minimum atomic E-state index is -1.05. The maximum absolute atomic E-state index is 5.94. The lowest BCUT2D eigenvalue weighted by atomic mass is 9.86. The van der Waals surface area contributed by atoms with Crippen molar-refractivity contribution in [3.05, 3.63) is 30.6 Å². The van der Waals surface area contributed by atoms with Crippen LogP contribution in [0.1, 0.15) is 43.7 Å².